The standard InChI is InChI=1S/C24H30F6N2O2/c25-23(26,27)22(24(28,29)30,32-20(33)7-6-16-4-2-1-3-5-16)31-8-9-34-21-13-17-10-18(14-21)12-19(11-17)15-21/h1-5,17-19,31H,6-15H2,(H,32,33). The second kappa shape index (κ2) is 9.33. The van der Waals surface area contributed by atoms with Crippen LogP contribution < -0.4 is 10.6 Å². The Hall–Kier alpha value is -1.81. The van der Waals surface area contributed by atoms with Crippen molar-refractivity contribution >= 4 is 5.91 Å². The van der Waals surface area contributed by atoms with Crippen molar-refractivity contribution < 1.29 is 35.9 Å². The SMILES string of the molecule is O=C(CCc1ccccc1)NC(NCCOC12CC3CC(CC(C3)C1)C2)(C(F)(F)F)C(F)(F)F. The third-order valence-corrected chi connectivity index (χ3v) is 7.54. The van der Waals surface area contributed by atoms with E-state index in [0.717, 1.165) is 38.5 Å². The third-order valence-electron chi connectivity index (χ3n) is 7.54. The number of alkyl halides is 6. The molecule has 0 unspecified atom stereocenters. The van der Waals surface area contributed by atoms with Crippen LogP contribution in [0.25, 0.3) is 0 Å². The molecule has 0 radical (unpaired) electrons. The molecule has 4 fully saturated rings. The predicted molar refractivity (Wildman–Crippen MR) is 113 cm³/mol. The van der Waals surface area contributed by atoms with Crippen molar-refractivity contribution in [2.45, 2.75) is 75.0 Å². The minimum Gasteiger partial charge on any atom is -0.374 e. The summed E-state index contributed by atoms with van der Waals surface area (Å²) >= 11 is 0. The molecule has 10 heteroatoms. The van der Waals surface area contributed by atoms with Crippen LogP contribution in [0.5, 0.6) is 0 Å². The van der Waals surface area contributed by atoms with Gasteiger partial charge in [0.15, 0.2) is 0 Å². The van der Waals surface area contributed by atoms with E-state index in [1.54, 1.807) is 35.6 Å². The molecule has 34 heavy (non-hydrogen) atoms. The number of amides is 1. The van der Waals surface area contributed by atoms with Gasteiger partial charge in [-0.3, -0.25) is 10.1 Å². The van der Waals surface area contributed by atoms with Gasteiger partial charge in [0, 0.05) is 13.0 Å². The van der Waals surface area contributed by atoms with Gasteiger partial charge >= 0.3 is 12.4 Å². The van der Waals surface area contributed by atoms with E-state index in [1.807, 2.05) is 0 Å². The van der Waals surface area contributed by atoms with Crippen LogP contribution in [0.2, 0.25) is 0 Å². The lowest BCUT2D eigenvalue weighted by molar-refractivity contribution is -0.316. The molecule has 4 aliphatic carbocycles. The molecular formula is C24H30F6N2O2. The molecular weight excluding hydrogens is 462 g/mol. The summed E-state index contributed by atoms with van der Waals surface area (Å²) in [6.45, 7) is -0.986. The van der Waals surface area contributed by atoms with Crippen LogP contribution >= 0.6 is 0 Å². The van der Waals surface area contributed by atoms with Crippen molar-refractivity contribution in [2.75, 3.05) is 13.2 Å². The van der Waals surface area contributed by atoms with Crippen LogP contribution in [-0.4, -0.2) is 42.7 Å². The van der Waals surface area contributed by atoms with Crippen molar-refractivity contribution in [1.29, 1.82) is 0 Å². The number of carbonyl (C=O) groups excluding carboxylic acids is 1. The number of benzene rings is 1. The Kier molecular flexibility index (Phi) is 6.94. The summed E-state index contributed by atoms with van der Waals surface area (Å²) in [5, 5.41) is 2.79. The first kappa shape index (κ1) is 25.3. The van der Waals surface area contributed by atoms with Crippen molar-refractivity contribution in [1.82, 2.24) is 10.6 Å². The number of ether oxygens (including phenoxy) is 1. The molecule has 0 atom stereocenters. The number of carbonyl (C=O) groups is 1. The predicted octanol–water partition coefficient (Wildman–Crippen LogP) is 5.13. The molecule has 1 aromatic rings. The maximum atomic E-state index is 13.8. The maximum Gasteiger partial charge on any atom is 0.434 e. The molecule has 0 heterocycles. The van der Waals surface area contributed by atoms with Gasteiger partial charge in [0.25, 0.3) is 5.66 Å². The highest BCUT2D eigenvalue weighted by molar-refractivity contribution is 5.77. The zero-order valence-corrected chi connectivity index (χ0v) is 18.8. The fraction of sp³-hybridized carbons (Fsp3) is 0.708. The van der Waals surface area contributed by atoms with Crippen molar-refractivity contribution in [3.05, 3.63) is 35.9 Å². The molecule has 4 aliphatic rings. The van der Waals surface area contributed by atoms with Gasteiger partial charge in [-0.05, 0) is 68.3 Å². The van der Waals surface area contributed by atoms with Gasteiger partial charge in [0.1, 0.15) is 0 Å². The van der Waals surface area contributed by atoms with E-state index in [4.69, 9.17) is 4.74 Å². The molecule has 190 valence electrons. The van der Waals surface area contributed by atoms with E-state index >= 15 is 0 Å². The molecule has 4 nitrogen and oxygen atoms in total. The summed E-state index contributed by atoms with van der Waals surface area (Å²) in [5.41, 5.74) is -4.34. The second-order valence-electron chi connectivity index (χ2n) is 10.2. The Balaban J connectivity index is 1.39. The van der Waals surface area contributed by atoms with E-state index < -0.39 is 42.5 Å². The first-order valence-electron chi connectivity index (χ1n) is 11.8. The topological polar surface area (TPSA) is 50.4 Å². The number of hydrogen-bond acceptors (Lipinski definition) is 3. The Labute approximate surface area is 194 Å². The molecule has 1 amide bonds. The monoisotopic (exact) mass is 492 g/mol. The molecule has 4 bridgehead atoms. The lowest BCUT2D eigenvalue weighted by Gasteiger charge is -2.56. The summed E-state index contributed by atoms with van der Waals surface area (Å²) in [6, 6.07) is 8.36. The fourth-order valence-electron chi connectivity index (χ4n) is 6.44. The van der Waals surface area contributed by atoms with Crippen molar-refractivity contribution in [3.63, 3.8) is 0 Å². The van der Waals surface area contributed by atoms with E-state index in [9.17, 15) is 31.1 Å². The van der Waals surface area contributed by atoms with Gasteiger partial charge in [0.05, 0.1) is 12.2 Å². The van der Waals surface area contributed by atoms with Gasteiger partial charge in [-0.25, -0.2) is 0 Å². The van der Waals surface area contributed by atoms with Gasteiger partial charge < -0.3 is 10.1 Å². The largest absolute Gasteiger partial charge is 0.434 e. The van der Waals surface area contributed by atoms with Gasteiger partial charge in [-0.2, -0.15) is 26.3 Å². The molecule has 1 aromatic carbocycles. The van der Waals surface area contributed by atoms with Gasteiger partial charge in [-0.15, -0.1) is 0 Å². The summed E-state index contributed by atoms with van der Waals surface area (Å²) < 4.78 is 88.7. The molecule has 0 spiro atoms. The number of hydrogen-bond donors (Lipinski definition) is 2. The molecule has 0 aliphatic heterocycles. The minimum absolute atomic E-state index is 0.0214. The van der Waals surface area contributed by atoms with Crippen LogP contribution in [0.1, 0.15) is 50.5 Å². The van der Waals surface area contributed by atoms with E-state index in [0.29, 0.717) is 23.3 Å². The van der Waals surface area contributed by atoms with E-state index in [1.165, 1.54) is 5.32 Å². The van der Waals surface area contributed by atoms with Gasteiger partial charge in [-0.1, -0.05) is 30.3 Å². The average molecular weight is 493 g/mol. The smallest absolute Gasteiger partial charge is 0.374 e. The lowest BCUT2D eigenvalue weighted by atomic mass is 9.54. The Morgan fingerprint density at radius 1 is 0.912 bits per heavy atom. The first-order chi connectivity index (χ1) is 15.9. The number of nitrogens with one attached hydrogen (secondary N) is 2. The summed E-state index contributed by atoms with van der Waals surface area (Å²) in [7, 11) is 0. The Bertz CT molecular complexity index is 806. The highest BCUT2D eigenvalue weighted by Crippen LogP contribution is 2.57. The van der Waals surface area contributed by atoms with E-state index in [2.05, 4.69) is 0 Å². The number of rotatable bonds is 9. The van der Waals surface area contributed by atoms with Crippen LogP contribution in [-0.2, 0) is 16.0 Å². The Morgan fingerprint density at radius 2 is 1.44 bits per heavy atom. The average Bonchev–Trinajstić information content (AvgIpc) is 2.72. The fourth-order valence-corrected chi connectivity index (χ4v) is 6.44. The second-order valence-corrected chi connectivity index (χ2v) is 10.2. The number of halogens is 6. The lowest BCUT2D eigenvalue weighted by Crippen LogP contribution is -2.75. The zero-order valence-electron chi connectivity index (χ0n) is 18.8. The summed E-state index contributed by atoms with van der Waals surface area (Å²) in [5.74, 6) is 0.265. The van der Waals surface area contributed by atoms with Crippen LogP contribution in [0.4, 0.5) is 26.3 Å². The van der Waals surface area contributed by atoms with E-state index in [-0.39, 0.29) is 13.0 Å². The molecule has 4 saturated carbocycles. The summed E-state index contributed by atoms with van der Waals surface area (Å²) in [6.07, 6.45) is -6.21. The summed E-state index contributed by atoms with van der Waals surface area (Å²) in [4.78, 5) is 12.2. The highest BCUT2D eigenvalue weighted by atomic mass is 19.4. The number of aryl methyl sites for hydroxylation is 1. The Morgan fingerprint density at radius 3 is 1.94 bits per heavy atom. The molecule has 2 N–H and O–H groups in total. The molecule has 0 saturated heterocycles. The zero-order chi connectivity index (χ0) is 24.6. The van der Waals surface area contributed by atoms with Crippen molar-refractivity contribution in [3.8, 4) is 0 Å². The van der Waals surface area contributed by atoms with Crippen LogP contribution in [0.3, 0.4) is 0 Å². The normalized spacial score (nSPS) is 28.8. The first-order valence-corrected chi connectivity index (χ1v) is 11.8. The van der Waals surface area contributed by atoms with Crippen LogP contribution in [0.15, 0.2) is 30.3 Å². The quantitative estimate of drug-likeness (QED) is 0.286. The third kappa shape index (κ3) is 5.22. The molecule has 5 rings (SSSR count). The minimum atomic E-state index is -5.80. The van der Waals surface area contributed by atoms with Crippen molar-refractivity contribution in [2.24, 2.45) is 17.8 Å². The maximum absolute atomic E-state index is 13.8. The van der Waals surface area contributed by atoms with Crippen LogP contribution in [0, 0.1) is 17.8 Å². The highest BCUT2D eigenvalue weighted by Gasteiger charge is 2.72. The van der Waals surface area contributed by atoms with Gasteiger partial charge in [0.2, 0.25) is 5.91 Å². The molecule has 0 aromatic heterocycles.